The van der Waals surface area contributed by atoms with Gasteiger partial charge in [-0.2, -0.15) is 0 Å². The second-order valence-electron chi connectivity index (χ2n) is 14.2. The summed E-state index contributed by atoms with van der Waals surface area (Å²) in [6, 6.07) is 14.8. The average molecular weight is 652 g/mol. The van der Waals surface area contributed by atoms with Crippen LogP contribution in [0.15, 0.2) is 48.5 Å². The van der Waals surface area contributed by atoms with Crippen LogP contribution < -0.4 is 5.11 Å². The Labute approximate surface area is 288 Å². The minimum absolute atomic E-state index is 0.0916. The molecule has 1 N–H and O–H groups in total. The second kappa shape index (κ2) is 27.3. The summed E-state index contributed by atoms with van der Waals surface area (Å²) in [7, 11) is 4.74. The topological polar surface area (TPSA) is 77.4 Å². The van der Waals surface area contributed by atoms with Gasteiger partial charge in [-0.05, 0) is 37.5 Å². The third-order valence-corrected chi connectivity index (χ3v) is 9.12. The van der Waals surface area contributed by atoms with Crippen LogP contribution in [0.4, 0.5) is 0 Å². The predicted molar refractivity (Wildman–Crippen MR) is 197 cm³/mol. The molecule has 0 radical (unpaired) electrons. The third kappa shape index (κ3) is 22.5. The van der Waals surface area contributed by atoms with E-state index in [-0.39, 0.29) is 17.1 Å². The molecule has 0 saturated carbocycles. The van der Waals surface area contributed by atoms with Crippen LogP contribution in [0, 0.1) is 0 Å². The lowest BCUT2D eigenvalue weighted by molar-refractivity contribution is -0.903. The number of hydrogen-bond acceptors (Lipinski definition) is 4. The SMILES string of the molecule is CCCCCCCCCC(=O)c1ccc(O)c(C(=O)[O-])c1.CCCCCCCCCCCCCCCC[N+](C)(C)Cc1ccccc1. The van der Waals surface area contributed by atoms with Crippen LogP contribution in [0.1, 0.15) is 181 Å². The van der Waals surface area contributed by atoms with Crippen LogP contribution in [0.5, 0.6) is 5.75 Å². The van der Waals surface area contributed by atoms with Crippen LogP contribution in [0.25, 0.3) is 0 Å². The van der Waals surface area contributed by atoms with E-state index >= 15 is 0 Å². The van der Waals surface area contributed by atoms with Gasteiger partial charge < -0.3 is 19.5 Å². The smallest absolute Gasteiger partial charge is 0.162 e. The van der Waals surface area contributed by atoms with E-state index in [9.17, 15) is 19.8 Å². The fraction of sp³-hybridized carbons (Fsp3) is 0.667. The number of rotatable bonds is 27. The van der Waals surface area contributed by atoms with Gasteiger partial charge >= 0.3 is 0 Å². The first-order valence-electron chi connectivity index (χ1n) is 19.1. The minimum atomic E-state index is -1.47. The molecule has 0 atom stereocenters. The molecule has 2 aromatic carbocycles. The van der Waals surface area contributed by atoms with Crippen molar-refractivity contribution >= 4 is 11.8 Å². The molecule has 0 fully saturated rings. The Hall–Kier alpha value is -2.66. The first-order chi connectivity index (χ1) is 22.7. The number of aromatic carboxylic acids is 1. The van der Waals surface area contributed by atoms with E-state index in [1.807, 2.05) is 0 Å². The number of aromatic hydroxyl groups is 1. The van der Waals surface area contributed by atoms with Crippen LogP contribution in [-0.4, -0.2) is 42.0 Å². The molecule has 0 unspecified atom stereocenters. The zero-order valence-corrected chi connectivity index (χ0v) is 30.7. The first kappa shape index (κ1) is 42.4. The Balaban J connectivity index is 0.000000481. The molecule has 0 amide bonds. The maximum Gasteiger partial charge on any atom is 0.162 e. The van der Waals surface area contributed by atoms with Crippen molar-refractivity contribution in [3.05, 3.63) is 65.2 Å². The van der Waals surface area contributed by atoms with Gasteiger partial charge in [-0.3, -0.25) is 4.79 Å². The molecule has 2 rings (SSSR count). The molecule has 5 nitrogen and oxygen atoms in total. The molecular formula is C42H69NO4. The zero-order chi connectivity index (χ0) is 34.6. The van der Waals surface area contributed by atoms with Crippen molar-refractivity contribution in [2.45, 2.75) is 162 Å². The zero-order valence-electron chi connectivity index (χ0n) is 30.7. The number of ketones is 1. The van der Waals surface area contributed by atoms with Gasteiger partial charge in [-0.15, -0.1) is 0 Å². The molecule has 266 valence electrons. The molecule has 47 heavy (non-hydrogen) atoms. The summed E-state index contributed by atoms with van der Waals surface area (Å²) in [4.78, 5) is 22.8. The van der Waals surface area contributed by atoms with E-state index in [2.05, 4.69) is 58.3 Å². The van der Waals surface area contributed by atoms with Crippen molar-refractivity contribution in [3.63, 3.8) is 0 Å². The number of carboxylic acids is 1. The number of quaternary nitrogens is 1. The largest absolute Gasteiger partial charge is 0.545 e. The summed E-state index contributed by atoms with van der Waals surface area (Å²) in [6.07, 6.45) is 28.5. The Morgan fingerprint density at radius 2 is 1.06 bits per heavy atom. The molecule has 0 bridgehead atoms. The van der Waals surface area contributed by atoms with Crippen molar-refractivity contribution in [2.75, 3.05) is 20.6 Å². The van der Waals surface area contributed by atoms with Gasteiger partial charge in [0.15, 0.2) is 5.78 Å². The fourth-order valence-corrected chi connectivity index (χ4v) is 6.15. The number of Topliss-reactive ketones (excluding diaryl/α,β-unsaturated/α-hetero) is 1. The lowest BCUT2D eigenvalue weighted by Crippen LogP contribution is -2.39. The Morgan fingerprint density at radius 3 is 1.53 bits per heavy atom. The lowest BCUT2D eigenvalue weighted by Gasteiger charge is -2.30. The second-order valence-corrected chi connectivity index (χ2v) is 14.2. The van der Waals surface area contributed by atoms with Crippen LogP contribution in [0.3, 0.4) is 0 Å². The summed E-state index contributed by atoms with van der Waals surface area (Å²) in [5, 5.41) is 20.2. The molecule has 2 aromatic rings. The molecule has 0 aliphatic carbocycles. The number of benzene rings is 2. The maximum atomic E-state index is 12.0. The molecule has 0 heterocycles. The van der Waals surface area contributed by atoms with Gasteiger partial charge in [0.2, 0.25) is 0 Å². The van der Waals surface area contributed by atoms with E-state index in [0.717, 1.165) is 30.3 Å². The molecule has 0 aliphatic rings. The monoisotopic (exact) mass is 652 g/mol. The fourth-order valence-electron chi connectivity index (χ4n) is 6.15. The quantitative estimate of drug-likeness (QED) is 0.0592. The summed E-state index contributed by atoms with van der Waals surface area (Å²) in [5.41, 5.74) is 1.45. The van der Waals surface area contributed by atoms with Gasteiger partial charge in [0, 0.05) is 23.1 Å². The highest BCUT2D eigenvalue weighted by Crippen LogP contribution is 2.20. The summed E-state index contributed by atoms with van der Waals surface area (Å²) in [6.45, 7) is 6.92. The number of hydrogen-bond donors (Lipinski definition) is 1. The molecule has 0 aromatic heterocycles. The van der Waals surface area contributed by atoms with Crippen LogP contribution in [-0.2, 0) is 6.54 Å². The Bertz CT molecular complexity index is 1070. The van der Waals surface area contributed by atoms with E-state index in [4.69, 9.17) is 0 Å². The number of unbranched alkanes of at least 4 members (excludes halogenated alkanes) is 19. The number of carboxylic acid groups (broad SMARTS) is 1. The number of carbonyl (C=O) groups is 2. The van der Waals surface area contributed by atoms with E-state index in [1.165, 1.54) is 146 Å². The standard InChI is InChI=1S/C25H46N.C17H24O4/c1-4-5-6-7-8-9-10-11-12-13-14-15-16-20-23-26(2,3)24-25-21-18-17-19-22-25;1-2-3-4-5-6-7-8-9-15(18)13-10-11-16(19)14(12-13)17(20)21/h17-19,21-22H,4-16,20,23-24H2,1-3H3;10-12,19H,2-9H2,1H3,(H,20,21)/q+1;/p-1. The third-order valence-electron chi connectivity index (χ3n) is 9.12. The average Bonchev–Trinajstić information content (AvgIpc) is 3.05. The molecule has 0 saturated heterocycles. The highest BCUT2D eigenvalue weighted by molar-refractivity contribution is 5.99. The molecular weight excluding hydrogens is 582 g/mol. The van der Waals surface area contributed by atoms with Crippen LogP contribution in [0.2, 0.25) is 0 Å². The van der Waals surface area contributed by atoms with E-state index < -0.39 is 5.97 Å². The normalized spacial score (nSPS) is 11.2. The van der Waals surface area contributed by atoms with Gasteiger partial charge in [-0.1, -0.05) is 160 Å². The molecule has 5 heteroatoms. The highest BCUT2D eigenvalue weighted by Gasteiger charge is 2.15. The highest BCUT2D eigenvalue weighted by atomic mass is 16.4. The predicted octanol–water partition coefficient (Wildman–Crippen LogP) is 10.8. The van der Waals surface area contributed by atoms with Gasteiger partial charge in [-0.25, -0.2) is 0 Å². The van der Waals surface area contributed by atoms with E-state index in [1.54, 1.807) is 0 Å². The maximum absolute atomic E-state index is 12.0. The summed E-state index contributed by atoms with van der Waals surface area (Å²) < 4.78 is 1.11. The first-order valence-corrected chi connectivity index (χ1v) is 19.1. The molecule has 0 aliphatic heterocycles. The molecule has 0 spiro atoms. The van der Waals surface area contributed by atoms with Gasteiger partial charge in [0.1, 0.15) is 12.3 Å². The van der Waals surface area contributed by atoms with Crippen molar-refractivity contribution in [2.24, 2.45) is 0 Å². The van der Waals surface area contributed by atoms with Crippen LogP contribution >= 0.6 is 0 Å². The van der Waals surface area contributed by atoms with Crippen molar-refractivity contribution in [1.82, 2.24) is 0 Å². The Kier molecular flexibility index (Phi) is 24.6. The van der Waals surface area contributed by atoms with Crippen molar-refractivity contribution < 1.29 is 24.3 Å². The minimum Gasteiger partial charge on any atom is -0.545 e. The van der Waals surface area contributed by atoms with E-state index in [0.29, 0.717) is 12.0 Å². The number of carbonyl (C=O) groups excluding carboxylic acids is 2. The summed E-state index contributed by atoms with van der Waals surface area (Å²) >= 11 is 0. The van der Waals surface area contributed by atoms with Gasteiger partial charge in [0.05, 0.1) is 26.6 Å². The summed E-state index contributed by atoms with van der Waals surface area (Å²) in [5.74, 6) is -1.94. The van der Waals surface area contributed by atoms with Crippen molar-refractivity contribution in [3.8, 4) is 5.75 Å². The Morgan fingerprint density at radius 1 is 0.617 bits per heavy atom. The number of phenols is 1. The lowest BCUT2D eigenvalue weighted by atomic mass is 10.0. The van der Waals surface area contributed by atoms with Crippen molar-refractivity contribution in [1.29, 1.82) is 0 Å². The van der Waals surface area contributed by atoms with Gasteiger partial charge in [0.25, 0.3) is 0 Å². The number of nitrogens with zero attached hydrogens (tertiary/aromatic N) is 1.